The van der Waals surface area contributed by atoms with Crippen LogP contribution in [0.4, 0.5) is 0 Å². The molecule has 0 atom stereocenters. The minimum Gasteiger partial charge on any atom is -0.326 e. The van der Waals surface area contributed by atoms with Gasteiger partial charge >= 0.3 is 0 Å². The average molecular weight is 218 g/mol. The van der Waals surface area contributed by atoms with Crippen LogP contribution in [0.25, 0.3) is 0 Å². The topological polar surface area (TPSA) is 29.3 Å². The second kappa shape index (κ2) is 4.56. The number of nitrogens with two attached hydrogens (primary N) is 1. The molecule has 0 bridgehead atoms. The summed E-state index contributed by atoms with van der Waals surface area (Å²) in [5.41, 5.74) is 8.48. The maximum Gasteiger partial charge on any atom is 0.0178 e. The molecule has 2 nitrogen and oxygen atoms in total. The highest BCUT2D eigenvalue weighted by Crippen LogP contribution is 2.26. The van der Waals surface area contributed by atoms with E-state index in [1.165, 1.54) is 30.6 Å². The molecular formula is C14H22N2. The minimum absolute atomic E-state index is 0.244. The Kier molecular flexibility index (Phi) is 3.31. The Bertz CT molecular complexity index is 336. The molecule has 1 aromatic rings. The predicted molar refractivity (Wildman–Crippen MR) is 68.4 cm³/mol. The number of rotatable bonds is 4. The van der Waals surface area contributed by atoms with Crippen molar-refractivity contribution in [3.63, 3.8) is 0 Å². The normalized spacial score (nSPS) is 17.2. The molecule has 0 unspecified atom stereocenters. The van der Waals surface area contributed by atoms with E-state index in [1.54, 1.807) is 0 Å². The summed E-state index contributed by atoms with van der Waals surface area (Å²) in [5, 5.41) is 0. The van der Waals surface area contributed by atoms with Crippen molar-refractivity contribution in [2.45, 2.75) is 32.2 Å². The van der Waals surface area contributed by atoms with Gasteiger partial charge in [-0.05, 0) is 30.6 Å². The summed E-state index contributed by atoms with van der Waals surface area (Å²) in [4.78, 5) is 2.52. The molecule has 88 valence electrons. The average Bonchev–Trinajstić information content (AvgIpc) is 2.24. The van der Waals surface area contributed by atoms with Gasteiger partial charge in [0.2, 0.25) is 0 Å². The lowest BCUT2D eigenvalue weighted by atomic mass is 9.83. The smallest absolute Gasteiger partial charge is 0.0178 e. The number of nitrogens with zero attached hydrogens (tertiary/aromatic N) is 1. The third-order valence-electron chi connectivity index (χ3n) is 3.54. The van der Waals surface area contributed by atoms with E-state index in [4.69, 9.17) is 5.73 Å². The maximum atomic E-state index is 5.61. The SMILES string of the molecule is CC(C)(CN1CCC1)c1ccc(CN)cc1. The van der Waals surface area contributed by atoms with Crippen molar-refractivity contribution < 1.29 is 0 Å². The van der Waals surface area contributed by atoms with Crippen LogP contribution in [0.15, 0.2) is 24.3 Å². The van der Waals surface area contributed by atoms with Gasteiger partial charge in [0.1, 0.15) is 0 Å². The fourth-order valence-corrected chi connectivity index (χ4v) is 2.28. The first-order chi connectivity index (χ1) is 7.62. The number of benzene rings is 1. The Morgan fingerprint density at radius 3 is 2.25 bits per heavy atom. The molecule has 1 saturated heterocycles. The van der Waals surface area contributed by atoms with Crippen LogP contribution in [0.5, 0.6) is 0 Å². The van der Waals surface area contributed by atoms with Crippen LogP contribution in [0.3, 0.4) is 0 Å². The summed E-state index contributed by atoms with van der Waals surface area (Å²) in [7, 11) is 0. The summed E-state index contributed by atoms with van der Waals surface area (Å²) in [6.07, 6.45) is 1.36. The van der Waals surface area contributed by atoms with E-state index in [-0.39, 0.29) is 5.41 Å². The third-order valence-corrected chi connectivity index (χ3v) is 3.54. The third kappa shape index (κ3) is 2.45. The van der Waals surface area contributed by atoms with Gasteiger partial charge < -0.3 is 10.6 Å². The standard InChI is InChI=1S/C14H22N2/c1-14(2,11-16-8-3-9-16)13-6-4-12(10-15)5-7-13/h4-7H,3,8-11,15H2,1-2H3. The van der Waals surface area contributed by atoms with Crippen LogP contribution in [0.2, 0.25) is 0 Å². The van der Waals surface area contributed by atoms with Crippen molar-refractivity contribution in [2.75, 3.05) is 19.6 Å². The first kappa shape index (κ1) is 11.6. The number of hydrogen-bond acceptors (Lipinski definition) is 2. The lowest BCUT2D eigenvalue weighted by Crippen LogP contribution is -2.44. The van der Waals surface area contributed by atoms with Gasteiger partial charge in [0.25, 0.3) is 0 Å². The summed E-state index contributed by atoms with van der Waals surface area (Å²) in [6, 6.07) is 8.74. The number of hydrogen-bond donors (Lipinski definition) is 1. The van der Waals surface area contributed by atoms with E-state index in [2.05, 4.69) is 43.0 Å². The van der Waals surface area contributed by atoms with Crippen LogP contribution in [-0.2, 0) is 12.0 Å². The molecule has 1 aliphatic heterocycles. The van der Waals surface area contributed by atoms with Gasteiger partial charge in [-0.2, -0.15) is 0 Å². The molecule has 0 aromatic heterocycles. The molecule has 2 N–H and O–H groups in total. The Balaban J connectivity index is 2.07. The van der Waals surface area contributed by atoms with Crippen molar-refractivity contribution in [1.82, 2.24) is 4.90 Å². The zero-order valence-electron chi connectivity index (χ0n) is 10.4. The van der Waals surface area contributed by atoms with Gasteiger partial charge in [0.15, 0.2) is 0 Å². The summed E-state index contributed by atoms with van der Waals surface area (Å²) >= 11 is 0. The van der Waals surface area contributed by atoms with Crippen molar-refractivity contribution in [1.29, 1.82) is 0 Å². The summed E-state index contributed by atoms with van der Waals surface area (Å²) < 4.78 is 0. The highest BCUT2D eigenvalue weighted by molar-refractivity contribution is 5.28. The number of likely N-dealkylation sites (tertiary alicyclic amines) is 1. The molecule has 0 spiro atoms. The molecule has 2 heteroatoms. The fourth-order valence-electron chi connectivity index (χ4n) is 2.28. The Hall–Kier alpha value is -0.860. The molecule has 0 radical (unpaired) electrons. The van der Waals surface area contributed by atoms with E-state index in [0.29, 0.717) is 6.54 Å². The largest absolute Gasteiger partial charge is 0.326 e. The van der Waals surface area contributed by atoms with Crippen LogP contribution in [0.1, 0.15) is 31.4 Å². The molecule has 0 aliphatic carbocycles. The first-order valence-corrected chi connectivity index (χ1v) is 6.14. The molecule has 1 fully saturated rings. The zero-order valence-corrected chi connectivity index (χ0v) is 10.4. The quantitative estimate of drug-likeness (QED) is 0.839. The van der Waals surface area contributed by atoms with Gasteiger partial charge in [-0.25, -0.2) is 0 Å². The second-order valence-corrected chi connectivity index (χ2v) is 5.41. The second-order valence-electron chi connectivity index (χ2n) is 5.41. The Morgan fingerprint density at radius 1 is 1.19 bits per heavy atom. The zero-order chi connectivity index (χ0) is 11.6. The van der Waals surface area contributed by atoms with Gasteiger partial charge in [-0.15, -0.1) is 0 Å². The molecule has 1 aromatic carbocycles. The molecule has 1 aliphatic rings. The van der Waals surface area contributed by atoms with E-state index >= 15 is 0 Å². The Labute approximate surface area is 98.4 Å². The van der Waals surface area contributed by atoms with Crippen LogP contribution in [-0.4, -0.2) is 24.5 Å². The molecule has 1 heterocycles. The molecule has 0 saturated carbocycles. The Morgan fingerprint density at radius 2 is 1.81 bits per heavy atom. The molecule has 16 heavy (non-hydrogen) atoms. The molecular weight excluding hydrogens is 196 g/mol. The fraction of sp³-hybridized carbons (Fsp3) is 0.571. The molecule has 0 amide bonds. The summed E-state index contributed by atoms with van der Waals surface area (Å²) in [6.45, 7) is 8.97. The van der Waals surface area contributed by atoms with E-state index in [0.717, 1.165) is 6.54 Å². The minimum atomic E-state index is 0.244. The van der Waals surface area contributed by atoms with Crippen LogP contribution >= 0.6 is 0 Å². The van der Waals surface area contributed by atoms with Crippen LogP contribution < -0.4 is 5.73 Å². The molecule has 2 rings (SSSR count). The van der Waals surface area contributed by atoms with Crippen molar-refractivity contribution >= 4 is 0 Å². The van der Waals surface area contributed by atoms with Gasteiger partial charge in [0.05, 0.1) is 0 Å². The van der Waals surface area contributed by atoms with Crippen molar-refractivity contribution in [2.24, 2.45) is 5.73 Å². The van der Waals surface area contributed by atoms with E-state index in [9.17, 15) is 0 Å². The predicted octanol–water partition coefficient (Wildman–Crippen LogP) is 2.13. The highest BCUT2D eigenvalue weighted by Gasteiger charge is 2.26. The summed E-state index contributed by atoms with van der Waals surface area (Å²) in [5.74, 6) is 0. The van der Waals surface area contributed by atoms with Gasteiger partial charge in [0, 0.05) is 18.5 Å². The van der Waals surface area contributed by atoms with Crippen molar-refractivity contribution in [3.05, 3.63) is 35.4 Å². The van der Waals surface area contributed by atoms with Crippen molar-refractivity contribution in [3.8, 4) is 0 Å². The van der Waals surface area contributed by atoms with E-state index < -0.39 is 0 Å². The van der Waals surface area contributed by atoms with Gasteiger partial charge in [-0.1, -0.05) is 38.1 Å². The maximum absolute atomic E-state index is 5.61. The first-order valence-electron chi connectivity index (χ1n) is 6.14. The highest BCUT2D eigenvalue weighted by atomic mass is 15.2. The lowest BCUT2D eigenvalue weighted by Gasteiger charge is -2.38. The van der Waals surface area contributed by atoms with Gasteiger partial charge in [-0.3, -0.25) is 0 Å². The van der Waals surface area contributed by atoms with E-state index in [1.807, 2.05) is 0 Å². The lowest BCUT2D eigenvalue weighted by molar-refractivity contribution is 0.147. The monoisotopic (exact) mass is 218 g/mol. The van der Waals surface area contributed by atoms with Crippen LogP contribution in [0, 0.1) is 0 Å².